The first-order valence-electron chi connectivity index (χ1n) is 5.41. The summed E-state index contributed by atoms with van der Waals surface area (Å²) < 4.78 is 0. The van der Waals surface area contributed by atoms with Gasteiger partial charge in [0.15, 0.2) is 0 Å². The predicted molar refractivity (Wildman–Crippen MR) is 69.4 cm³/mol. The molecule has 0 unspecified atom stereocenters. The van der Waals surface area contributed by atoms with Gasteiger partial charge in [-0.3, -0.25) is 0 Å². The molecular weight excluding hydrogens is 210 g/mol. The Morgan fingerprint density at radius 2 is 1.59 bits per heavy atom. The molecule has 3 aromatic rings. The Bertz CT molecular complexity index is 660. The number of rotatable bonds is 1. The Balaban J connectivity index is 2.14. The van der Waals surface area contributed by atoms with Gasteiger partial charge in [0.1, 0.15) is 5.82 Å². The lowest BCUT2D eigenvalue weighted by Gasteiger charge is -2.02. The van der Waals surface area contributed by atoms with Crippen LogP contribution in [0.5, 0.6) is 0 Å². The van der Waals surface area contributed by atoms with Crippen LogP contribution in [-0.4, -0.2) is 10.2 Å². The SMILES string of the molecule is Nc1ccc(-c2ccc3ccccc3c2)nn1. The number of nitrogens with zero attached hydrogens (tertiary/aromatic N) is 2. The van der Waals surface area contributed by atoms with E-state index in [0.29, 0.717) is 5.82 Å². The van der Waals surface area contributed by atoms with Crippen molar-refractivity contribution >= 4 is 16.6 Å². The molecule has 82 valence electrons. The number of hydrogen-bond acceptors (Lipinski definition) is 3. The number of aromatic nitrogens is 2. The zero-order chi connectivity index (χ0) is 11.7. The second-order valence-corrected chi connectivity index (χ2v) is 3.91. The van der Waals surface area contributed by atoms with E-state index in [1.807, 2.05) is 24.3 Å². The summed E-state index contributed by atoms with van der Waals surface area (Å²) in [4.78, 5) is 0. The summed E-state index contributed by atoms with van der Waals surface area (Å²) in [5.74, 6) is 0.439. The first-order chi connectivity index (χ1) is 8.33. The van der Waals surface area contributed by atoms with Crippen molar-refractivity contribution in [2.75, 3.05) is 5.73 Å². The normalized spacial score (nSPS) is 10.6. The van der Waals surface area contributed by atoms with Crippen LogP contribution in [-0.2, 0) is 0 Å². The summed E-state index contributed by atoms with van der Waals surface area (Å²) in [6.07, 6.45) is 0. The van der Waals surface area contributed by atoms with Crippen LogP contribution < -0.4 is 5.73 Å². The largest absolute Gasteiger partial charge is 0.382 e. The molecule has 0 amide bonds. The third-order valence-electron chi connectivity index (χ3n) is 2.73. The molecule has 0 radical (unpaired) electrons. The molecule has 3 rings (SSSR count). The fraction of sp³-hybridized carbons (Fsp3) is 0. The molecule has 17 heavy (non-hydrogen) atoms. The van der Waals surface area contributed by atoms with E-state index in [-0.39, 0.29) is 0 Å². The van der Waals surface area contributed by atoms with Gasteiger partial charge in [-0.15, -0.1) is 10.2 Å². The molecule has 0 saturated carbocycles. The molecule has 0 aliphatic heterocycles. The van der Waals surface area contributed by atoms with E-state index in [9.17, 15) is 0 Å². The maximum Gasteiger partial charge on any atom is 0.146 e. The van der Waals surface area contributed by atoms with E-state index in [0.717, 1.165) is 11.3 Å². The lowest BCUT2D eigenvalue weighted by molar-refractivity contribution is 1.05. The van der Waals surface area contributed by atoms with Gasteiger partial charge in [-0.2, -0.15) is 0 Å². The third-order valence-corrected chi connectivity index (χ3v) is 2.73. The van der Waals surface area contributed by atoms with Gasteiger partial charge in [0.2, 0.25) is 0 Å². The molecule has 0 saturated heterocycles. The highest BCUT2D eigenvalue weighted by Gasteiger charge is 2.01. The minimum atomic E-state index is 0.439. The van der Waals surface area contributed by atoms with Gasteiger partial charge in [0.25, 0.3) is 0 Å². The fourth-order valence-electron chi connectivity index (χ4n) is 1.85. The number of hydrogen-bond donors (Lipinski definition) is 1. The Morgan fingerprint density at radius 3 is 2.35 bits per heavy atom. The number of nitrogen functional groups attached to an aromatic ring is 1. The van der Waals surface area contributed by atoms with E-state index >= 15 is 0 Å². The van der Waals surface area contributed by atoms with Crippen LogP contribution in [0, 0.1) is 0 Å². The van der Waals surface area contributed by atoms with E-state index < -0.39 is 0 Å². The van der Waals surface area contributed by atoms with Gasteiger partial charge in [0.05, 0.1) is 5.69 Å². The van der Waals surface area contributed by atoms with E-state index in [1.165, 1.54) is 10.8 Å². The van der Waals surface area contributed by atoms with E-state index in [1.54, 1.807) is 6.07 Å². The fourth-order valence-corrected chi connectivity index (χ4v) is 1.85. The number of benzene rings is 2. The molecule has 0 atom stereocenters. The Hall–Kier alpha value is -2.42. The summed E-state index contributed by atoms with van der Waals surface area (Å²) in [5.41, 5.74) is 7.41. The smallest absolute Gasteiger partial charge is 0.146 e. The Labute approximate surface area is 98.9 Å². The second kappa shape index (κ2) is 3.87. The highest BCUT2D eigenvalue weighted by molar-refractivity contribution is 5.86. The van der Waals surface area contributed by atoms with Crippen LogP contribution in [0.3, 0.4) is 0 Å². The summed E-state index contributed by atoms with van der Waals surface area (Å²) in [5, 5.41) is 10.4. The van der Waals surface area contributed by atoms with Gasteiger partial charge in [-0.25, -0.2) is 0 Å². The minimum Gasteiger partial charge on any atom is -0.382 e. The first kappa shape index (κ1) is 9.78. The molecule has 1 heterocycles. The highest BCUT2D eigenvalue weighted by atomic mass is 15.1. The minimum absolute atomic E-state index is 0.439. The lowest BCUT2D eigenvalue weighted by Crippen LogP contribution is -1.93. The van der Waals surface area contributed by atoms with Crippen LogP contribution in [0.4, 0.5) is 5.82 Å². The monoisotopic (exact) mass is 221 g/mol. The molecule has 2 N–H and O–H groups in total. The first-order valence-corrected chi connectivity index (χ1v) is 5.41. The van der Waals surface area contributed by atoms with Gasteiger partial charge >= 0.3 is 0 Å². The van der Waals surface area contributed by atoms with Crippen LogP contribution in [0.15, 0.2) is 54.6 Å². The van der Waals surface area contributed by atoms with Crippen LogP contribution in [0.2, 0.25) is 0 Å². The van der Waals surface area contributed by atoms with Crippen LogP contribution in [0.25, 0.3) is 22.0 Å². The zero-order valence-corrected chi connectivity index (χ0v) is 9.17. The molecule has 1 aromatic heterocycles. The predicted octanol–water partition coefficient (Wildman–Crippen LogP) is 2.88. The highest BCUT2D eigenvalue weighted by Crippen LogP contribution is 2.22. The molecule has 0 bridgehead atoms. The van der Waals surface area contributed by atoms with Crippen molar-refractivity contribution in [2.45, 2.75) is 0 Å². The van der Waals surface area contributed by atoms with Crippen molar-refractivity contribution in [1.82, 2.24) is 10.2 Å². The van der Waals surface area contributed by atoms with Gasteiger partial charge in [-0.1, -0.05) is 36.4 Å². The Kier molecular flexibility index (Phi) is 2.22. The number of anilines is 1. The van der Waals surface area contributed by atoms with Gasteiger partial charge in [-0.05, 0) is 29.0 Å². The second-order valence-electron chi connectivity index (χ2n) is 3.91. The quantitative estimate of drug-likeness (QED) is 0.687. The molecule has 0 aliphatic rings. The standard InChI is InChI=1S/C14H11N3/c15-14-8-7-13(16-17-14)12-6-5-10-3-1-2-4-11(10)9-12/h1-9H,(H2,15,17). The Morgan fingerprint density at radius 1 is 0.765 bits per heavy atom. The summed E-state index contributed by atoms with van der Waals surface area (Å²) >= 11 is 0. The maximum absolute atomic E-state index is 5.52. The zero-order valence-electron chi connectivity index (χ0n) is 9.17. The van der Waals surface area contributed by atoms with Crippen LogP contribution >= 0.6 is 0 Å². The summed E-state index contributed by atoms with van der Waals surface area (Å²) in [7, 11) is 0. The van der Waals surface area contributed by atoms with Gasteiger partial charge in [0, 0.05) is 5.56 Å². The third kappa shape index (κ3) is 1.83. The molecular formula is C14H11N3. The molecule has 0 spiro atoms. The van der Waals surface area contributed by atoms with Crippen molar-refractivity contribution in [3.8, 4) is 11.3 Å². The average molecular weight is 221 g/mol. The molecule has 0 fully saturated rings. The van der Waals surface area contributed by atoms with Gasteiger partial charge < -0.3 is 5.73 Å². The van der Waals surface area contributed by atoms with Crippen molar-refractivity contribution in [1.29, 1.82) is 0 Å². The number of nitrogens with two attached hydrogens (primary N) is 1. The molecule has 2 aromatic carbocycles. The summed E-state index contributed by atoms with van der Waals surface area (Å²) in [6, 6.07) is 18.1. The molecule has 0 aliphatic carbocycles. The van der Waals surface area contributed by atoms with Crippen molar-refractivity contribution in [3.63, 3.8) is 0 Å². The topological polar surface area (TPSA) is 51.8 Å². The van der Waals surface area contributed by atoms with Crippen molar-refractivity contribution in [2.24, 2.45) is 0 Å². The van der Waals surface area contributed by atoms with Crippen LogP contribution in [0.1, 0.15) is 0 Å². The molecule has 3 nitrogen and oxygen atoms in total. The maximum atomic E-state index is 5.52. The lowest BCUT2D eigenvalue weighted by atomic mass is 10.1. The van der Waals surface area contributed by atoms with E-state index in [2.05, 4.69) is 34.5 Å². The van der Waals surface area contributed by atoms with E-state index in [4.69, 9.17) is 5.73 Å². The number of fused-ring (bicyclic) bond motifs is 1. The summed E-state index contributed by atoms with van der Waals surface area (Å²) in [6.45, 7) is 0. The van der Waals surface area contributed by atoms with Crippen molar-refractivity contribution in [3.05, 3.63) is 54.6 Å². The van der Waals surface area contributed by atoms with Crippen molar-refractivity contribution < 1.29 is 0 Å². The average Bonchev–Trinajstić information content (AvgIpc) is 2.39. The molecule has 3 heteroatoms.